The van der Waals surface area contributed by atoms with Gasteiger partial charge in [-0.1, -0.05) is 29.8 Å². The lowest BCUT2D eigenvalue weighted by molar-refractivity contribution is 0.734. The SMILES string of the molecule is Cc1cccc(Cc2n[nH]c3c2CNC3)c1. The van der Waals surface area contributed by atoms with Crippen LogP contribution in [-0.2, 0) is 19.5 Å². The van der Waals surface area contributed by atoms with E-state index < -0.39 is 0 Å². The number of nitrogens with zero attached hydrogens (tertiary/aromatic N) is 1. The van der Waals surface area contributed by atoms with Gasteiger partial charge in [-0.25, -0.2) is 0 Å². The van der Waals surface area contributed by atoms with Gasteiger partial charge in [0.1, 0.15) is 0 Å². The molecule has 2 heterocycles. The van der Waals surface area contributed by atoms with Gasteiger partial charge in [-0.3, -0.25) is 5.10 Å². The minimum absolute atomic E-state index is 0.926. The van der Waals surface area contributed by atoms with Crippen LogP contribution in [0.4, 0.5) is 0 Å². The maximum absolute atomic E-state index is 4.40. The average Bonchev–Trinajstić information content (AvgIpc) is 2.83. The Morgan fingerprint density at radius 1 is 1.31 bits per heavy atom. The van der Waals surface area contributed by atoms with E-state index in [4.69, 9.17) is 0 Å². The third-order valence-electron chi connectivity index (χ3n) is 3.10. The van der Waals surface area contributed by atoms with Crippen LogP contribution < -0.4 is 5.32 Å². The van der Waals surface area contributed by atoms with E-state index in [1.54, 1.807) is 0 Å². The van der Waals surface area contributed by atoms with Crippen molar-refractivity contribution in [1.29, 1.82) is 0 Å². The van der Waals surface area contributed by atoms with Crippen LogP contribution in [0.2, 0.25) is 0 Å². The van der Waals surface area contributed by atoms with Gasteiger partial charge in [0.2, 0.25) is 0 Å². The quantitative estimate of drug-likeness (QED) is 0.800. The fourth-order valence-electron chi connectivity index (χ4n) is 2.27. The lowest BCUT2D eigenvalue weighted by Crippen LogP contribution is -2.04. The summed E-state index contributed by atoms with van der Waals surface area (Å²) in [5.41, 5.74) is 6.44. The molecule has 2 aromatic rings. The number of aryl methyl sites for hydroxylation is 1. The first-order valence-electron chi connectivity index (χ1n) is 5.64. The van der Waals surface area contributed by atoms with E-state index in [-0.39, 0.29) is 0 Å². The van der Waals surface area contributed by atoms with Crippen LogP contribution in [0.3, 0.4) is 0 Å². The van der Waals surface area contributed by atoms with Crippen molar-refractivity contribution in [2.45, 2.75) is 26.4 Å². The predicted molar refractivity (Wildman–Crippen MR) is 63.1 cm³/mol. The van der Waals surface area contributed by atoms with Crippen molar-refractivity contribution >= 4 is 0 Å². The monoisotopic (exact) mass is 213 g/mol. The Labute approximate surface area is 94.9 Å². The van der Waals surface area contributed by atoms with Gasteiger partial charge >= 0.3 is 0 Å². The third kappa shape index (κ3) is 1.63. The minimum atomic E-state index is 0.926. The molecule has 3 heteroatoms. The van der Waals surface area contributed by atoms with Crippen LogP contribution in [0.25, 0.3) is 0 Å². The number of rotatable bonds is 2. The van der Waals surface area contributed by atoms with Gasteiger partial charge in [-0.2, -0.15) is 5.10 Å². The molecule has 1 aromatic carbocycles. The van der Waals surface area contributed by atoms with Crippen molar-refractivity contribution in [2.24, 2.45) is 0 Å². The van der Waals surface area contributed by atoms with Gasteiger partial charge in [0.25, 0.3) is 0 Å². The second kappa shape index (κ2) is 3.76. The number of aromatic amines is 1. The first kappa shape index (κ1) is 9.60. The largest absolute Gasteiger partial charge is 0.307 e. The highest BCUT2D eigenvalue weighted by Crippen LogP contribution is 2.19. The van der Waals surface area contributed by atoms with Crippen LogP contribution in [0.1, 0.15) is 28.1 Å². The first-order valence-corrected chi connectivity index (χ1v) is 5.64. The second-order valence-electron chi connectivity index (χ2n) is 4.40. The molecule has 82 valence electrons. The van der Waals surface area contributed by atoms with E-state index in [9.17, 15) is 0 Å². The standard InChI is InChI=1S/C13H15N3/c1-9-3-2-4-10(5-9)6-12-11-7-14-8-13(11)16-15-12/h2-5,14H,6-8H2,1H3,(H,15,16). The number of hydrogen-bond donors (Lipinski definition) is 2. The summed E-state index contributed by atoms with van der Waals surface area (Å²) >= 11 is 0. The molecule has 16 heavy (non-hydrogen) atoms. The van der Waals surface area contributed by atoms with Crippen molar-refractivity contribution in [1.82, 2.24) is 15.5 Å². The molecule has 1 aliphatic heterocycles. The Balaban J connectivity index is 1.89. The molecule has 0 saturated carbocycles. The van der Waals surface area contributed by atoms with E-state index in [0.717, 1.165) is 19.5 Å². The number of aromatic nitrogens is 2. The molecule has 3 rings (SSSR count). The first-order chi connectivity index (χ1) is 7.83. The fourth-order valence-corrected chi connectivity index (χ4v) is 2.27. The smallest absolute Gasteiger partial charge is 0.0714 e. The molecule has 3 nitrogen and oxygen atoms in total. The summed E-state index contributed by atoms with van der Waals surface area (Å²) in [5.74, 6) is 0. The van der Waals surface area contributed by atoms with Crippen LogP contribution in [0.5, 0.6) is 0 Å². The summed E-state index contributed by atoms with van der Waals surface area (Å²) in [5, 5.41) is 10.8. The summed E-state index contributed by atoms with van der Waals surface area (Å²) < 4.78 is 0. The van der Waals surface area contributed by atoms with Crippen LogP contribution in [-0.4, -0.2) is 10.2 Å². The lowest BCUT2D eigenvalue weighted by Gasteiger charge is -2.01. The molecular weight excluding hydrogens is 198 g/mol. The molecule has 1 aliphatic rings. The zero-order valence-electron chi connectivity index (χ0n) is 9.38. The Morgan fingerprint density at radius 3 is 3.12 bits per heavy atom. The molecule has 0 radical (unpaired) electrons. The summed E-state index contributed by atoms with van der Waals surface area (Å²) in [4.78, 5) is 0. The Bertz CT molecular complexity index is 514. The summed E-state index contributed by atoms with van der Waals surface area (Å²) in [6.07, 6.45) is 0.926. The molecule has 1 aromatic heterocycles. The van der Waals surface area contributed by atoms with E-state index in [1.807, 2.05) is 0 Å². The van der Waals surface area contributed by atoms with Crippen molar-refractivity contribution in [3.05, 3.63) is 52.3 Å². The molecule has 2 N–H and O–H groups in total. The Morgan fingerprint density at radius 2 is 2.25 bits per heavy atom. The van der Waals surface area contributed by atoms with Crippen molar-refractivity contribution in [3.8, 4) is 0 Å². The zero-order chi connectivity index (χ0) is 11.0. The van der Waals surface area contributed by atoms with Crippen molar-refractivity contribution in [3.63, 3.8) is 0 Å². The lowest BCUT2D eigenvalue weighted by atomic mass is 10.0. The number of fused-ring (bicyclic) bond motifs is 1. The molecule has 0 aliphatic carbocycles. The average molecular weight is 213 g/mol. The van der Waals surface area contributed by atoms with E-state index >= 15 is 0 Å². The molecule has 0 bridgehead atoms. The van der Waals surface area contributed by atoms with Gasteiger partial charge in [0.15, 0.2) is 0 Å². The third-order valence-corrected chi connectivity index (χ3v) is 3.10. The van der Waals surface area contributed by atoms with Gasteiger partial charge < -0.3 is 5.32 Å². The highest BCUT2D eigenvalue weighted by Gasteiger charge is 2.17. The van der Waals surface area contributed by atoms with Gasteiger partial charge in [0, 0.05) is 25.1 Å². The van der Waals surface area contributed by atoms with Gasteiger partial charge in [0.05, 0.1) is 11.4 Å². The van der Waals surface area contributed by atoms with Crippen molar-refractivity contribution < 1.29 is 0 Å². The molecule has 0 spiro atoms. The molecule has 0 saturated heterocycles. The molecule has 0 amide bonds. The number of hydrogen-bond acceptors (Lipinski definition) is 2. The molecular formula is C13H15N3. The number of H-pyrrole nitrogens is 1. The number of benzene rings is 1. The van der Waals surface area contributed by atoms with Crippen molar-refractivity contribution in [2.75, 3.05) is 0 Å². The van der Waals surface area contributed by atoms with E-state index in [2.05, 4.69) is 46.7 Å². The maximum Gasteiger partial charge on any atom is 0.0714 e. The summed E-state index contributed by atoms with van der Waals surface area (Å²) in [7, 11) is 0. The van der Waals surface area contributed by atoms with Gasteiger partial charge in [-0.15, -0.1) is 0 Å². The summed E-state index contributed by atoms with van der Waals surface area (Å²) in [6.45, 7) is 4.00. The van der Waals surface area contributed by atoms with E-state index in [0.29, 0.717) is 0 Å². The van der Waals surface area contributed by atoms with Crippen LogP contribution in [0, 0.1) is 6.92 Å². The molecule has 0 unspecified atom stereocenters. The van der Waals surface area contributed by atoms with Gasteiger partial charge in [-0.05, 0) is 12.5 Å². The Hall–Kier alpha value is -1.61. The Kier molecular flexibility index (Phi) is 2.26. The highest BCUT2D eigenvalue weighted by molar-refractivity contribution is 5.33. The number of nitrogens with one attached hydrogen (secondary N) is 2. The predicted octanol–water partition coefficient (Wildman–Crippen LogP) is 1.91. The zero-order valence-corrected chi connectivity index (χ0v) is 9.38. The second-order valence-corrected chi connectivity index (χ2v) is 4.40. The molecule has 0 fully saturated rings. The topological polar surface area (TPSA) is 40.7 Å². The van der Waals surface area contributed by atoms with Crippen LogP contribution in [0.15, 0.2) is 24.3 Å². The minimum Gasteiger partial charge on any atom is -0.307 e. The molecule has 0 atom stereocenters. The van der Waals surface area contributed by atoms with Crippen LogP contribution >= 0.6 is 0 Å². The van der Waals surface area contributed by atoms with E-state index in [1.165, 1.54) is 28.1 Å². The highest BCUT2D eigenvalue weighted by atomic mass is 15.2. The normalized spacial score (nSPS) is 14.1. The summed E-state index contributed by atoms with van der Waals surface area (Å²) in [6, 6.07) is 8.62. The maximum atomic E-state index is 4.40. The fraction of sp³-hybridized carbons (Fsp3) is 0.308.